The fraction of sp³-hybridized carbons (Fsp3) is 0.0833. The molecule has 2 aromatic carbocycles. The average Bonchev–Trinajstić information content (AvgIpc) is 3.37. The van der Waals surface area contributed by atoms with Crippen LogP contribution in [0.15, 0.2) is 67.4 Å². The van der Waals surface area contributed by atoms with Crippen LogP contribution in [0.2, 0.25) is 10.0 Å². The van der Waals surface area contributed by atoms with Gasteiger partial charge in [0.15, 0.2) is 0 Å². The molecule has 0 aliphatic heterocycles. The summed E-state index contributed by atoms with van der Waals surface area (Å²) in [6.45, 7) is 4.12. The van der Waals surface area contributed by atoms with E-state index >= 15 is 0 Å². The van der Waals surface area contributed by atoms with Gasteiger partial charge in [0.1, 0.15) is 11.5 Å². The second-order valence-corrected chi connectivity index (χ2v) is 8.15. The number of amides is 1. The van der Waals surface area contributed by atoms with Crippen LogP contribution in [0.4, 0.5) is 0 Å². The van der Waals surface area contributed by atoms with Crippen LogP contribution >= 0.6 is 23.2 Å². The molecule has 0 aliphatic rings. The van der Waals surface area contributed by atoms with Crippen molar-refractivity contribution in [3.05, 3.63) is 94.4 Å². The standard InChI is InChI=1S/C24H20Cl2N6O/c1-3-4-5-21-28-22(16-7-9-17(25)10-8-16)23(31(21)2)20-14-32(30-29-20)13-15-6-11-19(26)18(12-15)24(27)33/h3-12,14H,1,13H2,2H3,(H2,27,33)/b5-4-. The number of hydrogen-bond donors (Lipinski definition) is 1. The third-order valence-corrected chi connectivity index (χ3v) is 5.63. The van der Waals surface area contributed by atoms with Crippen molar-refractivity contribution >= 4 is 35.2 Å². The van der Waals surface area contributed by atoms with E-state index in [1.165, 1.54) is 0 Å². The molecule has 0 bridgehead atoms. The molecular weight excluding hydrogens is 459 g/mol. The number of carbonyl (C=O) groups is 1. The van der Waals surface area contributed by atoms with Crippen LogP contribution in [0.5, 0.6) is 0 Å². The Bertz CT molecular complexity index is 1370. The van der Waals surface area contributed by atoms with E-state index in [0.717, 1.165) is 28.3 Å². The highest BCUT2D eigenvalue weighted by atomic mass is 35.5. The van der Waals surface area contributed by atoms with Gasteiger partial charge in [-0.05, 0) is 35.9 Å². The number of hydrogen-bond acceptors (Lipinski definition) is 4. The second kappa shape index (κ2) is 9.44. The third-order valence-electron chi connectivity index (χ3n) is 5.05. The van der Waals surface area contributed by atoms with Crippen LogP contribution in [0.3, 0.4) is 0 Å². The minimum Gasteiger partial charge on any atom is -0.366 e. The fourth-order valence-corrected chi connectivity index (χ4v) is 3.79. The molecular formula is C24H20Cl2N6O. The van der Waals surface area contributed by atoms with Crippen LogP contribution in [0, 0.1) is 0 Å². The molecule has 2 N–H and O–H groups in total. The number of halogens is 2. The minimum absolute atomic E-state index is 0.268. The maximum atomic E-state index is 11.6. The van der Waals surface area contributed by atoms with E-state index in [1.54, 1.807) is 22.9 Å². The number of benzene rings is 2. The molecule has 0 radical (unpaired) electrons. The molecule has 0 saturated heterocycles. The van der Waals surface area contributed by atoms with E-state index in [4.69, 9.17) is 33.9 Å². The molecule has 0 spiro atoms. The molecule has 0 unspecified atom stereocenters. The van der Waals surface area contributed by atoms with Gasteiger partial charge in [0.05, 0.1) is 34.7 Å². The lowest BCUT2D eigenvalue weighted by Gasteiger charge is -2.05. The molecule has 2 aromatic heterocycles. The summed E-state index contributed by atoms with van der Waals surface area (Å²) in [7, 11) is 1.92. The van der Waals surface area contributed by atoms with Crippen molar-refractivity contribution in [2.24, 2.45) is 12.8 Å². The molecule has 7 nitrogen and oxygen atoms in total. The number of primary amides is 1. The highest BCUT2D eigenvalue weighted by Crippen LogP contribution is 2.32. The molecule has 2 heterocycles. The Morgan fingerprint density at radius 2 is 1.94 bits per heavy atom. The summed E-state index contributed by atoms with van der Waals surface area (Å²) in [6, 6.07) is 12.6. The minimum atomic E-state index is -0.580. The van der Waals surface area contributed by atoms with Gasteiger partial charge in [0.25, 0.3) is 0 Å². The van der Waals surface area contributed by atoms with Gasteiger partial charge < -0.3 is 10.3 Å². The smallest absolute Gasteiger partial charge is 0.250 e. The summed E-state index contributed by atoms with van der Waals surface area (Å²) in [5, 5.41) is 9.61. The number of allylic oxidation sites excluding steroid dienone is 2. The number of rotatable bonds is 7. The van der Waals surface area contributed by atoms with Crippen LogP contribution in [-0.2, 0) is 13.6 Å². The predicted octanol–water partition coefficient (Wildman–Crippen LogP) is 5.00. The van der Waals surface area contributed by atoms with Crippen molar-refractivity contribution < 1.29 is 4.79 Å². The lowest BCUT2D eigenvalue weighted by Crippen LogP contribution is -2.12. The Hall–Kier alpha value is -3.68. The Balaban J connectivity index is 1.74. The lowest BCUT2D eigenvalue weighted by molar-refractivity contribution is 0.100. The Kier molecular flexibility index (Phi) is 6.44. The van der Waals surface area contributed by atoms with Gasteiger partial charge in [-0.15, -0.1) is 5.10 Å². The van der Waals surface area contributed by atoms with Crippen LogP contribution in [0.1, 0.15) is 21.7 Å². The van der Waals surface area contributed by atoms with Crippen LogP contribution in [-0.4, -0.2) is 30.5 Å². The van der Waals surface area contributed by atoms with Crippen LogP contribution in [0.25, 0.3) is 28.7 Å². The zero-order chi connectivity index (χ0) is 23.5. The third kappa shape index (κ3) is 4.74. The first-order valence-corrected chi connectivity index (χ1v) is 10.7. The summed E-state index contributed by atoms with van der Waals surface area (Å²) in [5.74, 6) is 0.164. The maximum absolute atomic E-state index is 11.6. The van der Waals surface area contributed by atoms with Gasteiger partial charge in [-0.3, -0.25) is 4.79 Å². The largest absolute Gasteiger partial charge is 0.366 e. The summed E-state index contributed by atoms with van der Waals surface area (Å²) >= 11 is 12.1. The molecule has 4 aromatic rings. The SMILES string of the molecule is C=C/C=C\c1nc(-c2ccc(Cl)cc2)c(-c2cn(Cc3ccc(Cl)c(C(N)=O)c3)nn2)n1C. The monoisotopic (exact) mass is 478 g/mol. The first-order valence-electron chi connectivity index (χ1n) is 9.98. The number of nitrogens with two attached hydrogens (primary N) is 1. The maximum Gasteiger partial charge on any atom is 0.250 e. The zero-order valence-electron chi connectivity index (χ0n) is 17.7. The summed E-state index contributed by atoms with van der Waals surface area (Å²) < 4.78 is 3.63. The quantitative estimate of drug-likeness (QED) is 0.378. The first-order chi connectivity index (χ1) is 15.9. The van der Waals surface area contributed by atoms with Gasteiger partial charge in [-0.2, -0.15) is 0 Å². The molecule has 166 valence electrons. The molecule has 0 fully saturated rings. The van der Waals surface area contributed by atoms with Gasteiger partial charge >= 0.3 is 0 Å². The summed E-state index contributed by atoms with van der Waals surface area (Å²) in [4.78, 5) is 16.4. The van der Waals surface area contributed by atoms with Gasteiger partial charge in [-0.25, -0.2) is 9.67 Å². The lowest BCUT2D eigenvalue weighted by atomic mass is 10.1. The van der Waals surface area contributed by atoms with Crippen molar-refractivity contribution in [3.8, 4) is 22.6 Å². The first kappa shape index (κ1) is 22.5. The van der Waals surface area contributed by atoms with E-state index < -0.39 is 5.91 Å². The normalized spacial score (nSPS) is 11.2. The summed E-state index contributed by atoms with van der Waals surface area (Å²) in [5.41, 5.74) is 9.61. The number of carbonyl (C=O) groups excluding carboxylic acids is 1. The molecule has 0 aliphatic carbocycles. The number of nitrogens with zero attached hydrogens (tertiary/aromatic N) is 5. The highest BCUT2D eigenvalue weighted by Gasteiger charge is 2.20. The highest BCUT2D eigenvalue weighted by molar-refractivity contribution is 6.33. The summed E-state index contributed by atoms with van der Waals surface area (Å²) in [6.07, 6.45) is 7.22. The fourth-order valence-electron chi connectivity index (χ4n) is 3.45. The van der Waals surface area contributed by atoms with Crippen molar-refractivity contribution in [1.29, 1.82) is 0 Å². The molecule has 9 heteroatoms. The molecule has 0 saturated carbocycles. The van der Waals surface area contributed by atoms with E-state index in [9.17, 15) is 4.79 Å². The van der Waals surface area contributed by atoms with E-state index in [2.05, 4.69) is 16.9 Å². The van der Waals surface area contributed by atoms with Gasteiger partial charge in [-0.1, -0.05) is 65.3 Å². The Labute approximate surface area is 200 Å². The molecule has 1 amide bonds. The Morgan fingerprint density at radius 3 is 2.64 bits per heavy atom. The molecule has 33 heavy (non-hydrogen) atoms. The van der Waals surface area contributed by atoms with Crippen molar-refractivity contribution in [2.75, 3.05) is 0 Å². The number of imidazole rings is 1. The molecule has 0 atom stereocenters. The second-order valence-electron chi connectivity index (χ2n) is 7.31. The van der Waals surface area contributed by atoms with E-state index in [0.29, 0.717) is 22.3 Å². The van der Waals surface area contributed by atoms with Crippen LogP contribution < -0.4 is 5.73 Å². The Morgan fingerprint density at radius 1 is 1.18 bits per heavy atom. The van der Waals surface area contributed by atoms with Crippen molar-refractivity contribution in [1.82, 2.24) is 24.5 Å². The average molecular weight is 479 g/mol. The van der Waals surface area contributed by atoms with Gasteiger partial charge in [0, 0.05) is 17.6 Å². The predicted molar refractivity (Wildman–Crippen MR) is 131 cm³/mol. The van der Waals surface area contributed by atoms with Crippen molar-refractivity contribution in [3.63, 3.8) is 0 Å². The van der Waals surface area contributed by atoms with E-state index in [1.807, 2.05) is 60.3 Å². The zero-order valence-corrected chi connectivity index (χ0v) is 19.3. The topological polar surface area (TPSA) is 91.6 Å². The van der Waals surface area contributed by atoms with E-state index in [-0.39, 0.29) is 5.56 Å². The number of aromatic nitrogens is 5. The van der Waals surface area contributed by atoms with Gasteiger partial charge in [0.2, 0.25) is 5.91 Å². The molecule has 4 rings (SSSR count). The van der Waals surface area contributed by atoms with Crippen molar-refractivity contribution in [2.45, 2.75) is 6.54 Å².